The second-order valence-electron chi connectivity index (χ2n) is 4.48. The van der Waals surface area contributed by atoms with E-state index < -0.39 is 5.60 Å². The van der Waals surface area contributed by atoms with Crippen LogP contribution in [0.1, 0.15) is 19.4 Å². The lowest BCUT2D eigenvalue weighted by Crippen LogP contribution is -2.42. The fourth-order valence-electron chi connectivity index (χ4n) is 1.41. The number of benzene rings is 1. The predicted octanol–water partition coefficient (Wildman–Crippen LogP) is 2.39. The molecule has 4 heteroatoms. The smallest absolute Gasteiger partial charge is 0.123 e. The van der Waals surface area contributed by atoms with E-state index in [1.165, 1.54) is 0 Å². The monoisotopic (exact) mass is 257 g/mol. The Kier molecular flexibility index (Phi) is 5.25. The summed E-state index contributed by atoms with van der Waals surface area (Å²) in [5, 5.41) is 13.8. The summed E-state index contributed by atoms with van der Waals surface area (Å²) >= 11 is 5.90. The van der Waals surface area contributed by atoms with Crippen LogP contribution in [0.2, 0.25) is 5.02 Å². The first-order valence-corrected chi connectivity index (χ1v) is 6.14. The van der Waals surface area contributed by atoms with Gasteiger partial charge >= 0.3 is 0 Å². The van der Waals surface area contributed by atoms with Crippen molar-refractivity contribution in [3.8, 4) is 5.75 Å². The van der Waals surface area contributed by atoms with Crippen LogP contribution in [0.15, 0.2) is 18.2 Å². The third-order valence-electron chi connectivity index (χ3n) is 2.44. The van der Waals surface area contributed by atoms with Gasteiger partial charge in [0.05, 0.1) is 0 Å². The lowest BCUT2D eigenvalue weighted by Gasteiger charge is -2.24. The zero-order valence-electron chi connectivity index (χ0n) is 10.6. The maximum absolute atomic E-state index is 10.0. The Labute approximate surface area is 108 Å². The van der Waals surface area contributed by atoms with Crippen molar-refractivity contribution in [2.45, 2.75) is 26.4 Å². The zero-order valence-corrected chi connectivity index (χ0v) is 11.3. The Bertz CT molecular complexity index is 366. The molecule has 0 aliphatic heterocycles. The third-order valence-corrected chi connectivity index (χ3v) is 2.68. The highest BCUT2D eigenvalue weighted by Gasteiger charge is 2.21. The van der Waals surface area contributed by atoms with Gasteiger partial charge in [-0.15, -0.1) is 0 Å². The summed E-state index contributed by atoms with van der Waals surface area (Å²) in [7, 11) is 0. The van der Waals surface area contributed by atoms with Crippen molar-refractivity contribution in [2.24, 2.45) is 0 Å². The molecule has 1 rings (SSSR count). The van der Waals surface area contributed by atoms with Crippen molar-refractivity contribution in [2.75, 3.05) is 19.7 Å². The molecule has 17 heavy (non-hydrogen) atoms. The van der Waals surface area contributed by atoms with Gasteiger partial charge in [0.2, 0.25) is 0 Å². The predicted molar refractivity (Wildman–Crippen MR) is 70.9 cm³/mol. The number of hydrogen-bond acceptors (Lipinski definition) is 3. The second kappa shape index (κ2) is 6.24. The SMILES string of the molecule is CCNCC(C)(O)COc1cc(Cl)ccc1C. The number of aliphatic hydroxyl groups is 1. The summed E-state index contributed by atoms with van der Waals surface area (Å²) in [4.78, 5) is 0. The van der Waals surface area contributed by atoms with Crippen LogP contribution in [-0.4, -0.2) is 30.4 Å². The Morgan fingerprint density at radius 1 is 1.47 bits per heavy atom. The minimum Gasteiger partial charge on any atom is -0.490 e. The summed E-state index contributed by atoms with van der Waals surface area (Å²) in [5.41, 5.74) is 0.124. The number of halogens is 1. The Morgan fingerprint density at radius 2 is 2.18 bits per heavy atom. The van der Waals surface area contributed by atoms with Crippen LogP contribution < -0.4 is 10.1 Å². The molecule has 1 aromatic rings. The average Bonchev–Trinajstić information content (AvgIpc) is 2.28. The van der Waals surface area contributed by atoms with Gasteiger partial charge in [-0.25, -0.2) is 0 Å². The van der Waals surface area contributed by atoms with Crippen molar-refractivity contribution in [3.63, 3.8) is 0 Å². The molecule has 3 nitrogen and oxygen atoms in total. The number of hydrogen-bond donors (Lipinski definition) is 2. The number of rotatable bonds is 6. The van der Waals surface area contributed by atoms with Crippen molar-refractivity contribution >= 4 is 11.6 Å². The molecule has 0 amide bonds. The van der Waals surface area contributed by atoms with Crippen LogP contribution in [0.3, 0.4) is 0 Å². The van der Waals surface area contributed by atoms with Crippen LogP contribution >= 0.6 is 11.6 Å². The fourth-order valence-corrected chi connectivity index (χ4v) is 1.57. The number of ether oxygens (including phenoxy) is 1. The van der Waals surface area contributed by atoms with E-state index in [1.54, 1.807) is 13.0 Å². The minimum atomic E-state index is -0.884. The van der Waals surface area contributed by atoms with E-state index in [4.69, 9.17) is 16.3 Å². The molecule has 0 aromatic heterocycles. The second-order valence-corrected chi connectivity index (χ2v) is 4.91. The van der Waals surface area contributed by atoms with Crippen molar-refractivity contribution in [3.05, 3.63) is 28.8 Å². The molecule has 0 aliphatic carbocycles. The van der Waals surface area contributed by atoms with E-state index in [1.807, 2.05) is 26.0 Å². The Morgan fingerprint density at radius 3 is 2.82 bits per heavy atom. The van der Waals surface area contributed by atoms with Crippen LogP contribution in [0, 0.1) is 6.92 Å². The van der Waals surface area contributed by atoms with E-state index in [0.29, 0.717) is 17.3 Å². The molecule has 0 saturated carbocycles. The van der Waals surface area contributed by atoms with Gasteiger partial charge in [-0.1, -0.05) is 24.6 Å². The average molecular weight is 258 g/mol. The van der Waals surface area contributed by atoms with Crippen molar-refractivity contribution < 1.29 is 9.84 Å². The normalized spacial score (nSPS) is 14.4. The zero-order chi connectivity index (χ0) is 12.9. The van der Waals surface area contributed by atoms with Gasteiger partial charge in [0.15, 0.2) is 0 Å². The van der Waals surface area contributed by atoms with Gasteiger partial charge in [0.25, 0.3) is 0 Å². The number of likely N-dealkylation sites (N-methyl/N-ethyl adjacent to an activating group) is 1. The van der Waals surface area contributed by atoms with Crippen LogP contribution in [-0.2, 0) is 0 Å². The van der Waals surface area contributed by atoms with E-state index >= 15 is 0 Å². The Hall–Kier alpha value is -0.770. The molecule has 0 fully saturated rings. The molecule has 1 unspecified atom stereocenters. The van der Waals surface area contributed by atoms with Gasteiger partial charge < -0.3 is 15.2 Å². The minimum absolute atomic E-state index is 0.237. The van der Waals surface area contributed by atoms with Crippen molar-refractivity contribution in [1.29, 1.82) is 0 Å². The van der Waals surface area contributed by atoms with E-state index in [0.717, 1.165) is 12.1 Å². The van der Waals surface area contributed by atoms with Gasteiger partial charge in [0.1, 0.15) is 18.0 Å². The first-order valence-electron chi connectivity index (χ1n) is 5.76. The highest BCUT2D eigenvalue weighted by molar-refractivity contribution is 6.30. The van der Waals surface area contributed by atoms with Crippen LogP contribution in [0.5, 0.6) is 5.75 Å². The van der Waals surface area contributed by atoms with Gasteiger partial charge in [0, 0.05) is 11.6 Å². The third kappa shape index (κ3) is 4.94. The molecule has 0 aliphatic rings. The molecule has 96 valence electrons. The van der Waals surface area contributed by atoms with E-state index in [-0.39, 0.29) is 6.61 Å². The van der Waals surface area contributed by atoms with Gasteiger partial charge in [-0.2, -0.15) is 0 Å². The molecule has 0 bridgehead atoms. The highest BCUT2D eigenvalue weighted by atomic mass is 35.5. The maximum atomic E-state index is 10.0. The molecule has 1 atom stereocenters. The fraction of sp³-hybridized carbons (Fsp3) is 0.538. The van der Waals surface area contributed by atoms with E-state index in [9.17, 15) is 5.11 Å². The summed E-state index contributed by atoms with van der Waals surface area (Å²) in [5.74, 6) is 0.717. The number of nitrogens with one attached hydrogen (secondary N) is 1. The maximum Gasteiger partial charge on any atom is 0.123 e. The molecule has 0 heterocycles. The molecule has 0 spiro atoms. The lowest BCUT2D eigenvalue weighted by molar-refractivity contribution is 0.0125. The van der Waals surface area contributed by atoms with Crippen LogP contribution in [0.25, 0.3) is 0 Å². The molecule has 1 aromatic carbocycles. The molecular weight excluding hydrogens is 238 g/mol. The molecule has 0 radical (unpaired) electrons. The standard InChI is InChI=1S/C13H20ClNO2/c1-4-15-8-13(3,16)9-17-12-7-11(14)6-5-10(12)2/h5-7,15-16H,4,8-9H2,1-3H3. The van der Waals surface area contributed by atoms with Gasteiger partial charge in [-0.3, -0.25) is 0 Å². The molecular formula is C13H20ClNO2. The largest absolute Gasteiger partial charge is 0.490 e. The summed E-state index contributed by atoms with van der Waals surface area (Å²) < 4.78 is 5.61. The summed E-state index contributed by atoms with van der Waals surface area (Å²) in [6.07, 6.45) is 0. The summed E-state index contributed by atoms with van der Waals surface area (Å²) in [6.45, 7) is 7.26. The highest BCUT2D eigenvalue weighted by Crippen LogP contribution is 2.23. The van der Waals surface area contributed by atoms with Crippen molar-refractivity contribution in [1.82, 2.24) is 5.32 Å². The molecule has 0 saturated heterocycles. The summed E-state index contributed by atoms with van der Waals surface area (Å²) in [6, 6.07) is 5.48. The number of aryl methyl sites for hydroxylation is 1. The topological polar surface area (TPSA) is 41.5 Å². The van der Waals surface area contributed by atoms with Gasteiger partial charge in [-0.05, 0) is 38.1 Å². The lowest BCUT2D eigenvalue weighted by atomic mass is 10.1. The van der Waals surface area contributed by atoms with E-state index in [2.05, 4.69) is 5.32 Å². The Balaban J connectivity index is 2.57. The first-order chi connectivity index (χ1) is 7.94. The van der Waals surface area contributed by atoms with Crippen LogP contribution in [0.4, 0.5) is 0 Å². The quantitative estimate of drug-likeness (QED) is 0.822. The first kappa shape index (κ1) is 14.3. The molecule has 2 N–H and O–H groups in total.